The number of likely N-dealkylation sites (tertiary alicyclic amines) is 1. The molecule has 1 saturated heterocycles. The zero-order chi connectivity index (χ0) is 7.56. The molecule has 2 radical (unpaired) electrons. The number of primary amides is 1. The topological polar surface area (TPSA) is 46.3 Å². The van der Waals surface area contributed by atoms with Crippen molar-refractivity contribution in [2.75, 3.05) is 13.1 Å². The van der Waals surface area contributed by atoms with Gasteiger partial charge < -0.3 is 5.73 Å². The SMILES string of the molecule is [CH]N1CCCC(C(N)=O)C1. The first-order valence-corrected chi connectivity index (χ1v) is 3.49. The van der Waals surface area contributed by atoms with Gasteiger partial charge in [0.25, 0.3) is 0 Å². The molecule has 0 spiro atoms. The van der Waals surface area contributed by atoms with Crippen LogP contribution in [0.15, 0.2) is 0 Å². The van der Waals surface area contributed by atoms with Gasteiger partial charge in [0.05, 0.1) is 5.92 Å². The van der Waals surface area contributed by atoms with Crippen molar-refractivity contribution in [1.29, 1.82) is 0 Å². The van der Waals surface area contributed by atoms with Gasteiger partial charge in [-0.2, -0.15) is 0 Å². The Kier molecular flexibility index (Phi) is 2.27. The molecule has 0 saturated carbocycles. The number of carbonyl (C=O) groups is 1. The van der Waals surface area contributed by atoms with Gasteiger partial charge in [0.2, 0.25) is 5.91 Å². The van der Waals surface area contributed by atoms with Crippen LogP contribution in [-0.2, 0) is 4.79 Å². The molecule has 1 heterocycles. The molecule has 1 aliphatic heterocycles. The zero-order valence-electron chi connectivity index (χ0n) is 5.92. The van der Waals surface area contributed by atoms with Crippen LogP contribution < -0.4 is 5.73 Å². The van der Waals surface area contributed by atoms with Crippen LogP contribution in [0, 0.1) is 13.0 Å². The lowest BCUT2D eigenvalue weighted by Crippen LogP contribution is -2.37. The van der Waals surface area contributed by atoms with E-state index in [9.17, 15) is 4.79 Å². The van der Waals surface area contributed by atoms with Crippen LogP contribution in [0.4, 0.5) is 0 Å². The predicted octanol–water partition coefficient (Wildman–Crippen LogP) is -0.148. The second-order valence-corrected chi connectivity index (χ2v) is 2.74. The molecular weight excluding hydrogens is 128 g/mol. The summed E-state index contributed by atoms with van der Waals surface area (Å²) in [5.41, 5.74) is 5.11. The maximum absolute atomic E-state index is 10.6. The van der Waals surface area contributed by atoms with Crippen molar-refractivity contribution < 1.29 is 4.79 Å². The molecule has 0 aromatic heterocycles. The van der Waals surface area contributed by atoms with Crippen molar-refractivity contribution in [3.05, 3.63) is 7.05 Å². The maximum Gasteiger partial charge on any atom is 0.221 e. The summed E-state index contributed by atoms with van der Waals surface area (Å²) in [6, 6.07) is 0. The molecule has 1 fully saturated rings. The van der Waals surface area contributed by atoms with E-state index >= 15 is 0 Å². The molecule has 2 N–H and O–H groups in total. The monoisotopic (exact) mass is 140 g/mol. The van der Waals surface area contributed by atoms with Crippen LogP contribution in [0.1, 0.15) is 12.8 Å². The van der Waals surface area contributed by atoms with Gasteiger partial charge in [-0.3, -0.25) is 9.69 Å². The molecular formula is C7H12N2O. The lowest BCUT2D eigenvalue weighted by molar-refractivity contribution is -0.123. The minimum atomic E-state index is -0.227. The molecule has 1 aliphatic rings. The van der Waals surface area contributed by atoms with Crippen molar-refractivity contribution in [2.24, 2.45) is 11.7 Å². The largest absolute Gasteiger partial charge is 0.369 e. The first-order valence-electron chi connectivity index (χ1n) is 3.49. The molecule has 0 aliphatic carbocycles. The summed E-state index contributed by atoms with van der Waals surface area (Å²) in [4.78, 5) is 12.3. The average molecular weight is 140 g/mol. The number of piperidine rings is 1. The molecule has 0 aromatic carbocycles. The highest BCUT2D eigenvalue weighted by molar-refractivity contribution is 5.76. The Labute approximate surface area is 61.2 Å². The van der Waals surface area contributed by atoms with E-state index in [-0.39, 0.29) is 11.8 Å². The summed E-state index contributed by atoms with van der Waals surface area (Å²) < 4.78 is 0. The lowest BCUT2D eigenvalue weighted by atomic mass is 9.98. The van der Waals surface area contributed by atoms with Crippen molar-refractivity contribution >= 4 is 5.91 Å². The summed E-state index contributed by atoms with van der Waals surface area (Å²) in [5.74, 6) is -0.256. The normalized spacial score (nSPS) is 28.3. The first kappa shape index (κ1) is 7.54. The second kappa shape index (κ2) is 3.01. The summed E-state index contributed by atoms with van der Waals surface area (Å²) in [7, 11) is 5.49. The van der Waals surface area contributed by atoms with Gasteiger partial charge in [0.1, 0.15) is 0 Å². The molecule has 3 heteroatoms. The second-order valence-electron chi connectivity index (χ2n) is 2.74. The summed E-state index contributed by atoms with van der Waals surface area (Å²) in [6.07, 6.45) is 1.87. The Bertz CT molecular complexity index is 136. The minimum absolute atomic E-state index is 0.0289. The van der Waals surface area contributed by atoms with E-state index < -0.39 is 0 Å². The average Bonchev–Trinajstić information content (AvgIpc) is 1.88. The van der Waals surface area contributed by atoms with Crippen molar-refractivity contribution in [1.82, 2.24) is 4.90 Å². The Hall–Kier alpha value is -0.570. The molecule has 56 valence electrons. The molecule has 1 amide bonds. The van der Waals surface area contributed by atoms with E-state index in [0.29, 0.717) is 6.54 Å². The van der Waals surface area contributed by atoms with Crippen LogP contribution in [-0.4, -0.2) is 23.9 Å². The van der Waals surface area contributed by atoms with Crippen molar-refractivity contribution in [3.63, 3.8) is 0 Å². The molecule has 1 rings (SSSR count). The number of nitrogens with two attached hydrogens (primary N) is 1. The number of hydrogen-bond acceptors (Lipinski definition) is 2. The zero-order valence-corrected chi connectivity index (χ0v) is 5.92. The molecule has 3 nitrogen and oxygen atoms in total. The van der Waals surface area contributed by atoms with Gasteiger partial charge in [0, 0.05) is 13.6 Å². The fraction of sp³-hybridized carbons (Fsp3) is 0.714. The quantitative estimate of drug-likeness (QED) is 0.550. The van der Waals surface area contributed by atoms with E-state index in [2.05, 4.69) is 0 Å². The third kappa shape index (κ3) is 1.70. The Balaban J connectivity index is 2.39. The fourth-order valence-corrected chi connectivity index (χ4v) is 1.24. The Morgan fingerprint density at radius 3 is 2.80 bits per heavy atom. The summed E-state index contributed by atoms with van der Waals surface area (Å²) in [5, 5.41) is 0. The van der Waals surface area contributed by atoms with E-state index in [1.165, 1.54) is 0 Å². The van der Waals surface area contributed by atoms with Gasteiger partial charge in [-0.15, -0.1) is 0 Å². The predicted molar refractivity (Wildman–Crippen MR) is 37.8 cm³/mol. The smallest absolute Gasteiger partial charge is 0.221 e. The van der Waals surface area contributed by atoms with E-state index in [4.69, 9.17) is 12.8 Å². The van der Waals surface area contributed by atoms with Gasteiger partial charge in [-0.05, 0) is 19.4 Å². The first-order chi connectivity index (χ1) is 4.70. The van der Waals surface area contributed by atoms with Gasteiger partial charge in [-0.1, -0.05) is 0 Å². The number of carbonyl (C=O) groups excluding carboxylic acids is 1. The van der Waals surface area contributed by atoms with E-state index in [1.807, 2.05) is 0 Å². The van der Waals surface area contributed by atoms with Crippen LogP contribution in [0.25, 0.3) is 0 Å². The number of amides is 1. The maximum atomic E-state index is 10.6. The third-order valence-electron chi connectivity index (χ3n) is 1.86. The lowest BCUT2D eigenvalue weighted by Gasteiger charge is -2.26. The molecule has 10 heavy (non-hydrogen) atoms. The van der Waals surface area contributed by atoms with Crippen LogP contribution >= 0.6 is 0 Å². The molecule has 0 aromatic rings. The minimum Gasteiger partial charge on any atom is -0.369 e. The highest BCUT2D eigenvalue weighted by Crippen LogP contribution is 2.14. The fourth-order valence-electron chi connectivity index (χ4n) is 1.24. The number of rotatable bonds is 1. The highest BCUT2D eigenvalue weighted by Gasteiger charge is 2.21. The molecule has 1 atom stereocenters. The summed E-state index contributed by atoms with van der Waals surface area (Å²) in [6.45, 7) is 1.50. The summed E-state index contributed by atoms with van der Waals surface area (Å²) >= 11 is 0. The Morgan fingerprint density at radius 2 is 2.40 bits per heavy atom. The molecule has 1 unspecified atom stereocenters. The van der Waals surface area contributed by atoms with Crippen molar-refractivity contribution in [3.8, 4) is 0 Å². The van der Waals surface area contributed by atoms with Crippen molar-refractivity contribution in [2.45, 2.75) is 12.8 Å². The van der Waals surface area contributed by atoms with Gasteiger partial charge in [-0.25, -0.2) is 0 Å². The van der Waals surface area contributed by atoms with Gasteiger partial charge in [0.15, 0.2) is 0 Å². The van der Waals surface area contributed by atoms with Crippen LogP contribution in [0.2, 0.25) is 0 Å². The number of nitrogens with zero attached hydrogens (tertiary/aromatic N) is 1. The Morgan fingerprint density at radius 1 is 1.70 bits per heavy atom. The molecule has 0 bridgehead atoms. The van der Waals surface area contributed by atoms with E-state index in [1.54, 1.807) is 4.90 Å². The highest BCUT2D eigenvalue weighted by atomic mass is 16.1. The van der Waals surface area contributed by atoms with Gasteiger partial charge >= 0.3 is 0 Å². The van der Waals surface area contributed by atoms with Crippen LogP contribution in [0.3, 0.4) is 0 Å². The van der Waals surface area contributed by atoms with E-state index in [0.717, 1.165) is 19.4 Å². The standard InChI is InChI=1S/C7H12N2O/c1-9-4-2-3-6(5-9)7(8)10/h1,6H,2-5H2,(H2,8,10). The third-order valence-corrected chi connectivity index (χ3v) is 1.86. The van der Waals surface area contributed by atoms with Crippen LogP contribution in [0.5, 0.6) is 0 Å². The number of hydrogen-bond donors (Lipinski definition) is 1.